The normalized spacial score (nSPS) is 10.0. The summed E-state index contributed by atoms with van der Waals surface area (Å²) in [5.74, 6) is 0.249. The van der Waals surface area contributed by atoms with Crippen LogP contribution in [0, 0.1) is 0 Å². The van der Waals surface area contributed by atoms with E-state index in [1.807, 2.05) is 24.3 Å². The summed E-state index contributed by atoms with van der Waals surface area (Å²) in [4.78, 5) is 16.0. The van der Waals surface area contributed by atoms with Crippen molar-refractivity contribution in [3.63, 3.8) is 0 Å². The first-order valence-electron chi connectivity index (χ1n) is 6.73. The Morgan fingerprint density at radius 3 is 2.71 bits per heavy atom. The minimum absolute atomic E-state index is 0.326. The first kappa shape index (κ1) is 14.8. The van der Waals surface area contributed by atoms with Crippen molar-refractivity contribution < 1.29 is 14.3 Å². The number of rotatable bonds is 6. The van der Waals surface area contributed by atoms with Crippen LogP contribution in [-0.4, -0.2) is 24.7 Å². The fourth-order valence-corrected chi connectivity index (χ4v) is 1.86. The summed E-state index contributed by atoms with van der Waals surface area (Å²) in [7, 11) is 1.58. The predicted octanol–water partition coefficient (Wildman–Crippen LogP) is 2.88. The van der Waals surface area contributed by atoms with Gasteiger partial charge in [-0.05, 0) is 24.6 Å². The van der Waals surface area contributed by atoms with Crippen molar-refractivity contribution in [1.82, 2.24) is 4.98 Å². The molecule has 0 spiro atoms. The number of para-hydroxylation sites is 1. The van der Waals surface area contributed by atoms with E-state index in [4.69, 9.17) is 9.47 Å². The molecule has 1 N–H and O–H groups in total. The smallest absolute Gasteiger partial charge is 0.340 e. The molecule has 0 bridgehead atoms. The molecular formula is C16H18N2O3. The van der Waals surface area contributed by atoms with Gasteiger partial charge in [-0.1, -0.05) is 18.2 Å². The first-order valence-corrected chi connectivity index (χ1v) is 6.73. The Morgan fingerprint density at radius 1 is 1.24 bits per heavy atom. The quantitative estimate of drug-likeness (QED) is 0.827. The highest BCUT2D eigenvalue weighted by Crippen LogP contribution is 2.17. The summed E-state index contributed by atoms with van der Waals surface area (Å²) in [6.07, 6.45) is 1.73. The number of nitrogens with zero attached hydrogens (tertiary/aromatic N) is 1. The number of anilines is 1. The summed E-state index contributed by atoms with van der Waals surface area (Å²) < 4.78 is 10.1. The van der Waals surface area contributed by atoms with Gasteiger partial charge in [-0.3, -0.25) is 0 Å². The molecular weight excluding hydrogens is 268 g/mol. The van der Waals surface area contributed by atoms with Crippen molar-refractivity contribution in [3.8, 4) is 5.88 Å². The van der Waals surface area contributed by atoms with Gasteiger partial charge in [-0.15, -0.1) is 0 Å². The van der Waals surface area contributed by atoms with E-state index in [-0.39, 0.29) is 5.97 Å². The van der Waals surface area contributed by atoms with Gasteiger partial charge in [-0.2, -0.15) is 0 Å². The molecule has 0 atom stereocenters. The number of hydrogen-bond donors (Lipinski definition) is 1. The number of carbonyl (C=O) groups is 1. The molecule has 1 aromatic heterocycles. The first-order chi connectivity index (χ1) is 10.2. The van der Waals surface area contributed by atoms with Crippen molar-refractivity contribution in [3.05, 3.63) is 53.7 Å². The minimum Gasteiger partial charge on any atom is -0.481 e. The zero-order valence-corrected chi connectivity index (χ0v) is 12.1. The predicted molar refractivity (Wildman–Crippen MR) is 80.5 cm³/mol. The summed E-state index contributed by atoms with van der Waals surface area (Å²) in [6.45, 7) is 2.71. The second kappa shape index (κ2) is 7.28. The maximum Gasteiger partial charge on any atom is 0.340 e. The second-order valence-electron chi connectivity index (χ2n) is 4.33. The molecule has 0 saturated carbocycles. The number of carbonyl (C=O) groups excluding carboxylic acids is 1. The van der Waals surface area contributed by atoms with Gasteiger partial charge in [0.2, 0.25) is 5.88 Å². The standard InChI is InChI=1S/C16H18N2O3/c1-3-21-16(19)13-6-4-5-7-14(13)17-10-12-8-9-15(20-2)18-11-12/h4-9,11,17H,3,10H2,1-2H3. The SMILES string of the molecule is CCOC(=O)c1ccccc1NCc1ccc(OC)nc1. The van der Waals surface area contributed by atoms with Crippen LogP contribution in [0.15, 0.2) is 42.6 Å². The fourth-order valence-electron chi connectivity index (χ4n) is 1.86. The molecule has 0 aliphatic heterocycles. The van der Waals surface area contributed by atoms with Gasteiger partial charge >= 0.3 is 5.97 Å². The van der Waals surface area contributed by atoms with Gasteiger partial charge in [0, 0.05) is 24.5 Å². The molecule has 0 radical (unpaired) electrons. The highest BCUT2D eigenvalue weighted by atomic mass is 16.5. The van der Waals surface area contributed by atoms with E-state index < -0.39 is 0 Å². The van der Waals surface area contributed by atoms with Gasteiger partial charge < -0.3 is 14.8 Å². The van der Waals surface area contributed by atoms with Crippen LogP contribution in [0.1, 0.15) is 22.8 Å². The Bertz CT molecular complexity index is 597. The second-order valence-corrected chi connectivity index (χ2v) is 4.33. The molecule has 2 rings (SSSR count). The maximum absolute atomic E-state index is 11.9. The number of esters is 1. The van der Waals surface area contributed by atoms with Crippen LogP contribution in [-0.2, 0) is 11.3 Å². The molecule has 2 aromatic rings. The van der Waals surface area contributed by atoms with Gasteiger partial charge in [0.15, 0.2) is 0 Å². The molecule has 1 heterocycles. The van der Waals surface area contributed by atoms with Crippen LogP contribution in [0.4, 0.5) is 5.69 Å². The van der Waals surface area contributed by atoms with Gasteiger partial charge in [-0.25, -0.2) is 9.78 Å². The average Bonchev–Trinajstić information content (AvgIpc) is 2.54. The van der Waals surface area contributed by atoms with Crippen LogP contribution < -0.4 is 10.1 Å². The summed E-state index contributed by atoms with van der Waals surface area (Å²) >= 11 is 0. The van der Waals surface area contributed by atoms with Gasteiger partial charge in [0.25, 0.3) is 0 Å². The minimum atomic E-state index is -0.326. The van der Waals surface area contributed by atoms with Crippen LogP contribution in [0.2, 0.25) is 0 Å². The van der Waals surface area contributed by atoms with Crippen molar-refractivity contribution in [2.24, 2.45) is 0 Å². The Morgan fingerprint density at radius 2 is 2.05 bits per heavy atom. The average molecular weight is 286 g/mol. The summed E-state index contributed by atoms with van der Waals surface area (Å²) in [6, 6.07) is 11.0. The molecule has 5 nitrogen and oxygen atoms in total. The number of hydrogen-bond acceptors (Lipinski definition) is 5. The zero-order chi connectivity index (χ0) is 15.1. The molecule has 0 amide bonds. The summed E-state index contributed by atoms with van der Waals surface area (Å²) in [5.41, 5.74) is 2.27. The number of methoxy groups -OCH3 is 1. The lowest BCUT2D eigenvalue weighted by atomic mass is 10.1. The van der Waals surface area contributed by atoms with Crippen LogP contribution in [0.25, 0.3) is 0 Å². The molecule has 0 saturated heterocycles. The van der Waals surface area contributed by atoms with Crippen molar-refractivity contribution >= 4 is 11.7 Å². The van der Waals surface area contributed by atoms with E-state index >= 15 is 0 Å². The van der Waals surface area contributed by atoms with Crippen LogP contribution >= 0.6 is 0 Å². The molecule has 0 fully saturated rings. The van der Waals surface area contributed by atoms with Crippen molar-refractivity contribution in [2.45, 2.75) is 13.5 Å². The third-order valence-corrected chi connectivity index (χ3v) is 2.91. The van der Waals surface area contributed by atoms with E-state index in [1.165, 1.54) is 0 Å². The molecule has 0 aliphatic carbocycles. The van der Waals surface area contributed by atoms with Crippen molar-refractivity contribution in [2.75, 3.05) is 19.0 Å². The third-order valence-electron chi connectivity index (χ3n) is 2.91. The van der Waals surface area contributed by atoms with E-state index in [0.29, 0.717) is 24.6 Å². The summed E-state index contributed by atoms with van der Waals surface area (Å²) in [5, 5.41) is 3.22. The van der Waals surface area contributed by atoms with E-state index in [9.17, 15) is 4.79 Å². The number of nitrogens with one attached hydrogen (secondary N) is 1. The molecule has 21 heavy (non-hydrogen) atoms. The Hall–Kier alpha value is -2.56. The Balaban J connectivity index is 2.07. The van der Waals surface area contributed by atoms with E-state index in [1.54, 1.807) is 32.4 Å². The van der Waals surface area contributed by atoms with Gasteiger partial charge in [0.1, 0.15) is 0 Å². The van der Waals surface area contributed by atoms with Crippen LogP contribution in [0.3, 0.4) is 0 Å². The fraction of sp³-hybridized carbons (Fsp3) is 0.250. The monoisotopic (exact) mass is 286 g/mol. The molecule has 110 valence electrons. The Kier molecular flexibility index (Phi) is 5.15. The Labute approximate surface area is 123 Å². The number of aromatic nitrogens is 1. The van der Waals surface area contributed by atoms with Gasteiger partial charge in [0.05, 0.1) is 19.3 Å². The largest absolute Gasteiger partial charge is 0.481 e. The topological polar surface area (TPSA) is 60.5 Å². The third kappa shape index (κ3) is 3.95. The number of benzene rings is 1. The van der Waals surface area contributed by atoms with Crippen molar-refractivity contribution in [1.29, 1.82) is 0 Å². The van der Waals surface area contributed by atoms with E-state index in [2.05, 4.69) is 10.3 Å². The highest BCUT2D eigenvalue weighted by Gasteiger charge is 2.11. The molecule has 5 heteroatoms. The lowest BCUT2D eigenvalue weighted by Crippen LogP contribution is -2.09. The molecule has 0 unspecified atom stereocenters. The van der Waals surface area contributed by atoms with E-state index in [0.717, 1.165) is 11.3 Å². The molecule has 0 aliphatic rings. The number of ether oxygens (including phenoxy) is 2. The zero-order valence-electron chi connectivity index (χ0n) is 12.1. The number of pyridine rings is 1. The lowest BCUT2D eigenvalue weighted by molar-refractivity contribution is 0.0527. The maximum atomic E-state index is 11.9. The highest BCUT2D eigenvalue weighted by molar-refractivity contribution is 5.95. The van der Waals surface area contributed by atoms with Crippen LogP contribution in [0.5, 0.6) is 5.88 Å². The molecule has 1 aromatic carbocycles. The lowest BCUT2D eigenvalue weighted by Gasteiger charge is -2.11.